The van der Waals surface area contributed by atoms with E-state index in [1.165, 1.54) is 22.9 Å². The van der Waals surface area contributed by atoms with Gasteiger partial charge in [0.1, 0.15) is 23.6 Å². The molecule has 3 aromatic rings. The van der Waals surface area contributed by atoms with Gasteiger partial charge in [-0.3, -0.25) is 0 Å². The highest BCUT2D eigenvalue weighted by molar-refractivity contribution is 6.32. The van der Waals surface area contributed by atoms with Crippen molar-refractivity contribution < 1.29 is 27.1 Å². The Morgan fingerprint density at radius 3 is 2.62 bits per heavy atom. The Balaban J connectivity index is 2.00. The van der Waals surface area contributed by atoms with Crippen molar-refractivity contribution in [1.82, 2.24) is 15.0 Å². The van der Waals surface area contributed by atoms with Crippen LogP contribution in [0.1, 0.15) is 18.5 Å². The summed E-state index contributed by atoms with van der Waals surface area (Å²) in [7, 11) is 0. The lowest BCUT2D eigenvalue weighted by Gasteiger charge is -2.12. The minimum absolute atomic E-state index is 0.0970. The first kappa shape index (κ1) is 18.1. The van der Waals surface area contributed by atoms with Gasteiger partial charge in [-0.15, -0.1) is 5.10 Å². The molecule has 1 aromatic heterocycles. The molecule has 0 radical (unpaired) electrons. The summed E-state index contributed by atoms with van der Waals surface area (Å²) >= 11 is 5.75. The number of carbonyl (C=O) groups is 1. The van der Waals surface area contributed by atoms with Crippen LogP contribution >= 0.6 is 11.6 Å². The van der Waals surface area contributed by atoms with Crippen molar-refractivity contribution in [1.29, 1.82) is 0 Å². The quantitative estimate of drug-likeness (QED) is 0.477. The lowest BCUT2D eigenvalue weighted by atomic mass is 10.2. The van der Waals surface area contributed by atoms with E-state index in [4.69, 9.17) is 16.3 Å². The third-order valence-corrected chi connectivity index (χ3v) is 3.85. The van der Waals surface area contributed by atoms with Crippen LogP contribution in [0.2, 0.25) is 5.02 Å². The molecule has 136 valence electrons. The van der Waals surface area contributed by atoms with E-state index in [1.807, 2.05) is 0 Å². The number of hydrogen-bond acceptors (Lipinski definition) is 4. The van der Waals surface area contributed by atoms with Crippen molar-refractivity contribution in [3.63, 3.8) is 0 Å². The third-order valence-electron chi connectivity index (χ3n) is 3.57. The fourth-order valence-electron chi connectivity index (χ4n) is 2.28. The van der Waals surface area contributed by atoms with Crippen LogP contribution in [0.15, 0.2) is 30.3 Å². The summed E-state index contributed by atoms with van der Waals surface area (Å²) in [5.74, 6) is -1.70. The van der Waals surface area contributed by atoms with Gasteiger partial charge < -0.3 is 9.53 Å². The molecule has 0 saturated carbocycles. The number of fused-ring (bicyclic) bond motifs is 1. The molecule has 0 bridgehead atoms. The zero-order valence-electron chi connectivity index (χ0n) is 13.1. The Morgan fingerprint density at radius 2 is 2.00 bits per heavy atom. The van der Waals surface area contributed by atoms with E-state index in [2.05, 4.69) is 10.3 Å². The molecule has 3 rings (SSSR count). The standard InChI is InChI=1S/C16H10ClF4N3O2/c1-8(7-25)24-14-6-10(2-3-13(14)22-23-24)26-15-11(17)4-9(5-12(15)18)16(19,20)21/h2-8H,1H3. The molecular formula is C16H10ClF4N3O2. The maximum Gasteiger partial charge on any atom is 0.416 e. The van der Waals surface area contributed by atoms with Gasteiger partial charge in [-0.2, -0.15) is 13.2 Å². The second-order valence-electron chi connectivity index (χ2n) is 5.43. The number of ether oxygens (including phenoxy) is 1. The summed E-state index contributed by atoms with van der Waals surface area (Å²) in [5, 5.41) is 7.20. The van der Waals surface area contributed by atoms with Gasteiger partial charge in [0.2, 0.25) is 0 Å². The zero-order valence-corrected chi connectivity index (χ0v) is 13.8. The van der Waals surface area contributed by atoms with Gasteiger partial charge in [0.25, 0.3) is 0 Å². The Morgan fingerprint density at radius 1 is 1.27 bits per heavy atom. The van der Waals surface area contributed by atoms with Crippen molar-refractivity contribution >= 4 is 28.9 Å². The number of benzene rings is 2. The van der Waals surface area contributed by atoms with E-state index in [9.17, 15) is 22.4 Å². The molecule has 1 atom stereocenters. The minimum Gasteiger partial charge on any atom is -0.453 e. The number of alkyl halides is 3. The van der Waals surface area contributed by atoms with Crippen LogP contribution in [0.4, 0.5) is 17.6 Å². The number of aldehydes is 1. The molecule has 0 aliphatic carbocycles. The molecule has 26 heavy (non-hydrogen) atoms. The van der Waals surface area contributed by atoms with Gasteiger partial charge in [0.05, 0.1) is 16.1 Å². The van der Waals surface area contributed by atoms with Gasteiger partial charge in [-0.05, 0) is 31.2 Å². The SMILES string of the molecule is CC(C=O)n1nnc2ccc(Oc3c(F)cc(C(F)(F)F)cc3Cl)cc21. The van der Waals surface area contributed by atoms with Crippen LogP contribution in [0, 0.1) is 5.82 Å². The fraction of sp³-hybridized carbons (Fsp3) is 0.188. The Labute approximate surface area is 149 Å². The third kappa shape index (κ3) is 3.34. The highest BCUT2D eigenvalue weighted by Crippen LogP contribution is 2.39. The van der Waals surface area contributed by atoms with Crippen LogP contribution in [0.5, 0.6) is 11.5 Å². The van der Waals surface area contributed by atoms with E-state index in [0.29, 0.717) is 29.5 Å². The predicted octanol–water partition coefficient (Wildman–Crippen LogP) is 4.79. The molecule has 2 aromatic carbocycles. The molecule has 0 N–H and O–H groups in total. The maximum absolute atomic E-state index is 14.1. The lowest BCUT2D eigenvalue weighted by Crippen LogP contribution is -2.08. The molecule has 0 amide bonds. The Bertz CT molecular complexity index is 964. The predicted molar refractivity (Wildman–Crippen MR) is 84.8 cm³/mol. The molecule has 0 saturated heterocycles. The van der Waals surface area contributed by atoms with Crippen molar-refractivity contribution in [2.75, 3.05) is 0 Å². The normalized spacial score (nSPS) is 13.0. The lowest BCUT2D eigenvalue weighted by molar-refractivity contribution is -0.137. The van der Waals surface area contributed by atoms with E-state index in [0.717, 1.165) is 0 Å². The topological polar surface area (TPSA) is 57.0 Å². The molecular weight excluding hydrogens is 378 g/mol. The van der Waals surface area contributed by atoms with Crippen LogP contribution in [0.3, 0.4) is 0 Å². The average Bonchev–Trinajstić information content (AvgIpc) is 2.99. The van der Waals surface area contributed by atoms with Crippen LogP contribution < -0.4 is 4.74 Å². The molecule has 0 aliphatic heterocycles. The Hall–Kier alpha value is -2.68. The Kier molecular flexibility index (Phi) is 4.57. The van der Waals surface area contributed by atoms with Crippen molar-refractivity contribution in [3.05, 3.63) is 46.7 Å². The van der Waals surface area contributed by atoms with Crippen molar-refractivity contribution in [3.8, 4) is 11.5 Å². The monoisotopic (exact) mass is 387 g/mol. The second-order valence-corrected chi connectivity index (χ2v) is 5.84. The highest BCUT2D eigenvalue weighted by atomic mass is 35.5. The van der Waals surface area contributed by atoms with E-state index >= 15 is 0 Å². The summed E-state index contributed by atoms with van der Waals surface area (Å²) < 4.78 is 58.8. The van der Waals surface area contributed by atoms with Crippen molar-refractivity contribution in [2.24, 2.45) is 0 Å². The van der Waals surface area contributed by atoms with Crippen molar-refractivity contribution in [2.45, 2.75) is 19.1 Å². The second kappa shape index (κ2) is 6.56. The average molecular weight is 388 g/mol. The molecule has 0 aliphatic rings. The van der Waals surface area contributed by atoms with Gasteiger partial charge in [0, 0.05) is 6.07 Å². The minimum atomic E-state index is -4.73. The van der Waals surface area contributed by atoms with Gasteiger partial charge in [-0.25, -0.2) is 9.07 Å². The number of carbonyl (C=O) groups excluding carboxylic acids is 1. The van der Waals surface area contributed by atoms with Gasteiger partial charge in [-0.1, -0.05) is 16.8 Å². The number of hydrogen-bond donors (Lipinski definition) is 0. The first-order chi connectivity index (χ1) is 12.2. The zero-order chi connectivity index (χ0) is 19.1. The largest absolute Gasteiger partial charge is 0.453 e. The molecule has 1 heterocycles. The first-order valence-corrected chi connectivity index (χ1v) is 7.63. The summed E-state index contributed by atoms with van der Waals surface area (Å²) in [6, 6.07) is 4.67. The fourth-order valence-corrected chi connectivity index (χ4v) is 2.52. The number of halogens is 5. The summed E-state index contributed by atoms with van der Waals surface area (Å²) in [6.07, 6.45) is -4.07. The van der Waals surface area contributed by atoms with Crippen LogP contribution in [0.25, 0.3) is 11.0 Å². The summed E-state index contributed by atoms with van der Waals surface area (Å²) in [4.78, 5) is 10.9. The maximum atomic E-state index is 14.1. The number of rotatable bonds is 4. The number of nitrogens with zero attached hydrogens (tertiary/aromatic N) is 3. The molecule has 10 heteroatoms. The summed E-state index contributed by atoms with van der Waals surface area (Å²) in [5.41, 5.74) is -0.319. The smallest absolute Gasteiger partial charge is 0.416 e. The molecule has 5 nitrogen and oxygen atoms in total. The number of aromatic nitrogens is 3. The van der Waals surface area contributed by atoms with E-state index < -0.39 is 34.4 Å². The van der Waals surface area contributed by atoms with E-state index in [-0.39, 0.29) is 5.75 Å². The summed E-state index contributed by atoms with van der Waals surface area (Å²) in [6.45, 7) is 1.60. The first-order valence-electron chi connectivity index (χ1n) is 7.25. The van der Waals surface area contributed by atoms with Crippen LogP contribution in [-0.2, 0) is 11.0 Å². The van der Waals surface area contributed by atoms with Gasteiger partial charge >= 0.3 is 6.18 Å². The van der Waals surface area contributed by atoms with E-state index in [1.54, 1.807) is 6.92 Å². The highest BCUT2D eigenvalue weighted by Gasteiger charge is 2.32. The van der Waals surface area contributed by atoms with Gasteiger partial charge in [0.15, 0.2) is 11.6 Å². The molecule has 1 unspecified atom stereocenters. The van der Waals surface area contributed by atoms with Crippen LogP contribution in [-0.4, -0.2) is 21.3 Å². The molecule has 0 spiro atoms. The molecule has 0 fully saturated rings.